The molecule has 2 nitrogen and oxygen atoms in total. The minimum Gasteiger partial charge on any atom is -0.497 e. The van der Waals surface area contributed by atoms with Crippen molar-refractivity contribution in [3.05, 3.63) is 53.6 Å². The number of aliphatic hydroxyl groups is 1. The van der Waals surface area contributed by atoms with E-state index in [9.17, 15) is 5.11 Å². The maximum Gasteiger partial charge on any atom is 0.120 e. The first-order valence-corrected chi connectivity index (χ1v) is 6.24. The van der Waals surface area contributed by atoms with Gasteiger partial charge in [-0.1, -0.05) is 36.0 Å². The van der Waals surface area contributed by atoms with Crippen molar-refractivity contribution in [3.63, 3.8) is 0 Å². The molecule has 0 spiro atoms. The van der Waals surface area contributed by atoms with E-state index in [0.29, 0.717) is 0 Å². The second kappa shape index (κ2) is 4.09. The van der Waals surface area contributed by atoms with Crippen LogP contribution in [0.4, 0.5) is 0 Å². The van der Waals surface area contributed by atoms with Crippen molar-refractivity contribution in [1.82, 2.24) is 0 Å². The highest BCUT2D eigenvalue weighted by Gasteiger charge is 2.24. The monoisotopic (exact) mass is 244 g/mol. The van der Waals surface area contributed by atoms with Crippen molar-refractivity contribution in [2.45, 2.75) is 15.9 Å². The quantitative estimate of drug-likeness (QED) is 0.835. The molecule has 17 heavy (non-hydrogen) atoms. The predicted molar refractivity (Wildman–Crippen MR) is 67.6 cm³/mol. The van der Waals surface area contributed by atoms with Crippen LogP contribution in [0.5, 0.6) is 5.75 Å². The molecule has 0 bridgehead atoms. The van der Waals surface area contributed by atoms with Crippen LogP contribution in [-0.2, 0) is 0 Å². The van der Waals surface area contributed by atoms with E-state index >= 15 is 0 Å². The fraction of sp³-hybridized carbons (Fsp3) is 0.143. The maximum absolute atomic E-state index is 10.3. The number of ether oxygens (including phenoxy) is 1. The molecule has 1 heterocycles. The smallest absolute Gasteiger partial charge is 0.120 e. The summed E-state index contributed by atoms with van der Waals surface area (Å²) in [5, 5.41) is 10.3. The number of hydrogen-bond acceptors (Lipinski definition) is 3. The number of methoxy groups -OCH3 is 1. The minimum absolute atomic E-state index is 0.534. The Kier molecular flexibility index (Phi) is 2.57. The lowest BCUT2D eigenvalue weighted by Crippen LogP contribution is -2.07. The Labute approximate surface area is 104 Å². The van der Waals surface area contributed by atoms with Crippen molar-refractivity contribution < 1.29 is 9.84 Å². The summed E-state index contributed by atoms with van der Waals surface area (Å²) in [4.78, 5) is 2.18. The average molecular weight is 244 g/mol. The summed E-state index contributed by atoms with van der Waals surface area (Å²) in [6, 6.07) is 13.7. The standard InChI is InChI=1S/C14H12O2S/c1-16-9-6-7-11-13(8-9)17-12-5-3-2-4-10(12)14(11)15/h2-8,14-15H,1H3. The molecule has 0 saturated carbocycles. The predicted octanol–water partition coefficient (Wildman–Crippen LogP) is 3.24. The average Bonchev–Trinajstić information content (AvgIpc) is 2.38. The lowest BCUT2D eigenvalue weighted by Gasteiger charge is -2.24. The van der Waals surface area contributed by atoms with Gasteiger partial charge in [0.15, 0.2) is 0 Å². The second-order valence-corrected chi connectivity index (χ2v) is 5.03. The van der Waals surface area contributed by atoms with Crippen LogP contribution in [0.2, 0.25) is 0 Å². The molecule has 2 aromatic carbocycles. The van der Waals surface area contributed by atoms with Crippen LogP contribution in [0, 0.1) is 0 Å². The second-order valence-electron chi connectivity index (χ2n) is 3.95. The Balaban J connectivity index is 2.12. The van der Waals surface area contributed by atoms with Gasteiger partial charge in [-0.3, -0.25) is 0 Å². The van der Waals surface area contributed by atoms with Crippen LogP contribution in [0.15, 0.2) is 52.3 Å². The molecule has 0 aromatic heterocycles. The molecular weight excluding hydrogens is 232 g/mol. The fourth-order valence-corrected chi connectivity index (χ4v) is 3.19. The van der Waals surface area contributed by atoms with E-state index in [4.69, 9.17) is 4.74 Å². The van der Waals surface area contributed by atoms with Gasteiger partial charge in [-0.2, -0.15) is 0 Å². The lowest BCUT2D eigenvalue weighted by molar-refractivity contribution is 0.213. The highest BCUT2D eigenvalue weighted by Crippen LogP contribution is 2.45. The van der Waals surface area contributed by atoms with Crippen LogP contribution in [0.1, 0.15) is 17.2 Å². The van der Waals surface area contributed by atoms with Gasteiger partial charge in [0.25, 0.3) is 0 Å². The first kappa shape index (κ1) is 10.7. The summed E-state index contributed by atoms with van der Waals surface area (Å²) in [5.41, 5.74) is 1.93. The molecule has 0 fully saturated rings. The molecule has 2 aromatic rings. The molecule has 0 saturated heterocycles. The zero-order valence-electron chi connectivity index (χ0n) is 9.38. The van der Waals surface area contributed by atoms with Gasteiger partial charge >= 0.3 is 0 Å². The molecule has 3 rings (SSSR count). The van der Waals surface area contributed by atoms with E-state index in [1.807, 2.05) is 42.5 Å². The Bertz CT molecular complexity index is 566. The van der Waals surface area contributed by atoms with Crippen molar-refractivity contribution in [2.24, 2.45) is 0 Å². The van der Waals surface area contributed by atoms with E-state index in [1.54, 1.807) is 18.9 Å². The number of fused-ring (bicyclic) bond motifs is 2. The van der Waals surface area contributed by atoms with E-state index < -0.39 is 6.10 Å². The Morgan fingerprint density at radius 3 is 2.65 bits per heavy atom. The largest absolute Gasteiger partial charge is 0.497 e. The summed E-state index contributed by atoms with van der Waals surface area (Å²) in [6.07, 6.45) is -0.534. The van der Waals surface area contributed by atoms with Gasteiger partial charge in [-0.05, 0) is 29.3 Å². The highest BCUT2D eigenvalue weighted by atomic mass is 32.2. The van der Waals surface area contributed by atoms with Crippen LogP contribution < -0.4 is 4.74 Å². The fourth-order valence-electron chi connectivity index (χ4n) is 2.04. The number of hydrogen-bond donors (Lipinski definition) is 1. The van der Waals surface area contributed by atoms with Crippen molar-refractivity contribution in [1.29, 1.82) is 0 Å². The summed E-state index contributed by atoms with van der Waals surface area (Å²) < 4.78 is 5.21. The van der Waals surface area contributed by atoms with Crippen LogP contribution in [0.3, 0.4) is 0 Å². The third-order valence-corrected chi connectivity index (χ3v) is 4.11. The first-order valence-electron chi connectivity index (χ1n) is 5.42. The summed E-state index contributed by atoms with van der Waals surface area (Å²) >= 11 is 1.68. The minimum atomic E-state index is -0.534. The van der Waals surface area contributed by atoms with Crippen LogP contribution in [0.25, 0.3) is 0 Å². The number of aliphatic hydroxyl groups excluding tert-OH is 1. The summed E-state index contributed by atoms with van der Waals surface area (Å²) in [6.45, 7) is 0. The zero-order chi connectivity index (χ0) is 11.8. The Morgan fingerprint density at radius 2 is 1.82 bits per heavy atom. The summed E-state index contributed by atoms with van der Waals surface area (Å²) in [7, 11) is 1.65. The molecule has 86 valence electrons. The van der Waals surface area contributed by atoms with Gasteiger partial charge in [-0.25, -0.2) is 0 Å². The van der Waals surface area contributed by atoms with Gasteiger partial charge in [0.05, 0.1) is 7.11 Å². The Morgan fingerprint density at radius 1 is 1.06 bits per heavy atom. The molecule has 0 radical (unpaired) electrons. The molecule has 1 aliphatic heterocycles. The van der Waals surface area contributed by atoms with Gasteiger partial charge in [-0.15, -0.1) is 0 Å². The van der Waals surface area contributed by atoms with Gasteiger partial charge < -0.3 is 9.84 Å². The van der Waals surface area contributed by atoms with Crippen LogP contribution in [-0.4, -0.2) is 12.2 Å². The number of rotatable bonds is 1. The highest BCUT2D eigenvalue weighted by molar-refractivity contribution is 7.99. The van der Waals surface area contributed by atoms with E-state index in [1.165, 1.54) is 0 Å². The molecule has 1 atom stereocenters. The van der Waals surface area contributed by atoms with E-state index in [-0.39, 0.29) is 0 Å². The maximum atomic E-state index is 10.3. The molecule has 0 amide bonds. The van der Waals surface area contributed by atoms with Crippen molar-refractivity contribution >= 4 is 11.8 Å². The third-order valence-electron chi connectivity index (χ3n) is 2.95. The molecule has 1 unspecified atom stereocenters. The Hall–Kier alpha value is -1.45. The molecular formula is C14H12O2S. The zero-order valence-corrected chi connectivity index (χ0v) is 10.2. The van der Waals surface area contributed by atoms with Gasteiger partial charge in [0.1, 0.15) is 11.9 Å². The van der Waals surface area contributed by atoms with Crippen LogP contribution >= 0.6 is 11.8 Å². The van der Waals surface area contributed by atoms with Crippen molar-refractivity contribution in [2.75, 3.05) is 7.11 Å². The third kappa shape index (κ3) is 1.72. The summed E-state index contributed by atoms with van der Waals surface area (Å²) in [5.74, 6) is 0.822. The SMILES string of the molecule is COc1ccc2c(c1)Sc1ccccc1C2O. The lowest BCUT2D eigenvalue weighted by atomic mass is 10.0. The van der Waals surface area contributed by atoms with Crippen molar-refractivity contribution in [3.8, 4) is 5.75 Å². The normalized spacial score (nSPS) is 17.2. The topological polar surface area (TPSA) is 29.5 Å². The number of benzene rings is 2. The first-order chi connectivity index (χ1) is 8.29. The molecule has 0 aliphatic carbocycles. The molecule has 1 aliphatic rings. The molecule has 3 heteroatoms. The molecule has 1 N–H and O–H groups in total. The van der Waals surface area contributed by atoms with Gasteiger partial charge in [0.2, 0.25) is 0 Å². The van der Waals surface area contributed by atoms with Gasteiger partial charge in [0, 0.05) is 9.79 Å². The van der Waals surface area contributed by atoms with E-state index in [2.05, 4.69) is 0 Å². The van der Waals surface area contributed by atoms with E-state index in [0.717, 1.165) is 26.7 Å².